The standard InChI is InChI=1S/C43H87N2O7P/c1-3-5-7-9-11-13-15-16-17-18-19-20-21-22-23-24-25-27-29-31-33-35-42(47)41(39-52-53(49,50)51-37-36-44)45-43(48)38-40(46)34-32-30-28-26-14-12-10-8-6-4-2/h12,14,40-42,46-47H,3-11,13,15-39,44H2,1-2H3,(H,45,48)(H,49,50)/b14-12-. The minimum atomic E-state index is -4.37. The Bertz CT molecular complexity index is 862. The molecule has 4 atom stereocenters. The number of aliphatic hydroxyl groups excluding tert-OH is 2. The van der Waals surface area contributed by atoms with Crippen LogP contribution in [0.5, 0.6) is 0 Å². The Labute approximate surface area is 327 Å². The fraction of sp³-hybridized carbons (Fsp3) is 0.930. The fourth-order valence-electron chi connectivity index (χ4n) is 6.76. The van der Waals surface area contributed by atoms with Crippen molar-refractivity contribution in [3.8, 4) is 0 Å². The lowest BCUT2D eigenvalue weighted by atomic mass is 10.0. The van der Waals surface area contributed by atoms with Crippen LogP contribution in [-0.2, 0) is 18.4 Å². The summed E-state index contributed by atoms with van der Waals surface area (Å²) in [5.74, 6) is -0.422. The van der Waals surface area contributed by atoms with E-state index in [9.17, 15) is 24.5 Å². The molecule has 0 aliphatic heterocycles. The summed E-state index contributed by atoms with van der Waals surface area (Å²) in [6.45, 7) is 4.02. The number of nitrogens with two attached hydrogens (primary N) is 1. The first kappa shape index (κ1) is 52.2. The Kier molecular flexibility index (Phi) is 38.8. The second kappa shape index (κ2) is 39.4. The number of carbonyl (C=O) groups is 1. The number of hydrogen-bond donors (Lipinski definition) is 5. The molecule has 0 heterocycles. The first-order valence-electron chi connectivity index (χ1n) is 22.4. The highest BCUT2D eigenvalue weighted by Crippen LogP contribution is 2.43. The number of hydrogen-bond acceptors (Lipinski definition) is 7. The number of carbonyl (C=O) groups excluding carboxylic acids is 1. The molecule has 0 radical (unpaired) electrons. The van der Waals surface area contributed by atoms with Gasteiger partial charge in [0.1, 0.15) is 0 Å². The van der Waals surface area contributed by atoms with Crippen LogP contribution in [0.15, 0.2) is 12.2 Å². The summed E-state index contributed by atoms with van der Waals surface area (Å²) in [5, 5.41) is 24.1. The van der Waals surface area contributed by atoms with E-state index >= 15 is 0 Å². The maximum absolute atomic E-state index is 12.8. The van der Waals surface area contributed by atoms with E-state index in [0.717, 1.165) is 51.4 Å². The average Bonchev–Trinajstić information content (AvgIpc) is 3.13. The number of allylic oxidation sites excluding steroid dienone is 2. The molecule has 9 nitrogen and oxygen atoms in total. The number of nitrogens with one attached hydrogen (secondary N) is 1. The van der Waals surface area contributed by atoms with Crippen molar-refractivity contribution in [2.45, 2.75) is 238 Å². The highest BCUT2D eigenvalue weighted by atomic mass is 31.2. The molecule has 0 aromatic carbocycles. The second-order valence-corrected chi connectivity index (χ2v) is 16.9. The number of amides is 1. The third kappa shape index (κ3) is 37.9. The van der Waals surface area contributed by atoms with Crippen molar-refractivity contribution in [3.63, 3.8) is 0 Å². The summed E-state index contributed by atoms with van der Waals surface area (Å²) < 4.78 is 22.1. The zero-order valence-corrected chi connectivity index (χ0v) is 35.5. The molecule has 0 rings (SSSR count). The van der Waals surface area contributed by atoms with Crippen LogP contribution in [0.1, 0.15) is 219 Å². The molecule has 0 aliphatic carbocycles. The summed E-state index contributed by atoms with van der Waals surface area (Å²) in [6, 6.07) is -0.897. The maximum atomic E-state index is 12.8. The quantitative estimate of drug-likeness (QED) is 0.0233. The molecule has 0 saturated heterocycles. The van der Waals surface area contributed by atoms with Gasteiger partial charge in [0.2, 0.25) is 5.91 Å². The molecule has 0 bridgehead atoms. The molecule has 0 aliphatic rings. The number of aliphatic hydroxyl groups is 2. The Balaban J connectivity index is 4.17. The van der Waals surface area contributed by atoms with E-state index in [4.69, 9.17) is 14.8 Å². The summed E-state index contributed by atoms with van der Waals surface area (Å²) >= 11 is 0. The Hall–Kier alpha value is -0.800. The van der Waals surface area contributed by atoms with Gasteiger partial charge in [-0.1, -0.05) is 187 Å². The molecular weight excluding hydrogens is 687 g/mol. The highest BCUT2D eigenvalue weighted by molar-refractivity contribution is 7.47. The normalized spacial score (nSPS) is 14.8. The smallest absolute Gasteiger partial charge is 0.393 e. The first-order valence-corrected chi connectivity index (χ1v) is 23.9. The third-order valence-corrected chi connectivity index (χ3v) is 11.2. The van der Waals surface area contributed by atoms with E-state index in [1.807, 2.05) is 0 Å². The van der Waals surface area contributed by atoms with E-state index in [2.05, 4.69) is 31.3 Å². The van der Waals surface area contributed by atoms with Crippen LogP contribution >= 0.6 is 7.82 Å². The predicted molar refractivity (Wildman–Crippen MR) is 223 cm³/mol. The molecule has 0 spiro atoms. The van der Waals surface area contributed by atoms with Gasteiger partial charge < -0.3 is 26.2 Å². The molecule has 4 unspecified atom stereocenters. The molecule has 0 aromatic rings. The average molecular weight is 775 g/mol. The van der Waals surface area contributed by atoms with Crippen LogP contribution < -0.4 is 11.1 Å². The van der Waals surface area contributed by atoms with E-state index in [-0.39, 0.29) is 26.2 Å². The lowest BCUT2D eigenvalue weighted by Crippen LogP contribution is -2.47. The van der Waals surface area contributed by atoms with Crippen molar-refractivity contribution in [3.05, 3.63) is 12.2 Å². The summed E-state index contributed by atoms with van der Waals surface area (Å²) in [7, 11) is -4.37. The van der Waals surface area contributed by atoms with Crippen LogP contribution in [0.4, 0.5) is 0 Å². The molecule has 53 heavy (non-hydrogen) atoms. The zero-order chi connectivity index (χ0) is 39.1. The third-order valence-electron chi connectivity index (χ3n) is 10.2. The van der Waals surface area contributed by atoms with E-state index in [1.54, 1.807) is 0 Å². The Morgan fingerprint density at radius 3 is 1.49 bits per heavy atom. The van der Waals surface area contributed by atoms with Gasteiger partial charge in [-0.2, -0.15) is 0 Å². The highest BCUT2D eigenvalue weighted by Gasteiger charge is 2.28. The van der Waals surface area contributed by atoms with E-state index < -0.39 is 32.0 Å². The van der Waals surface area contributed by atoms with Gasteiger partial charge in [-0.3, -0.25) is 13.8 Å². The lowest BCUT2D eigenvalue weighted by Gasteiger charge is -2.25. The Morgan fingerprint density at radius 2 is 1.02 bits per heavy atom. The minimum Gasteiger partial charge on any atom is -0.393 e. The summed E-state index contributed by atoms with van der Waals surface area (Å²) in [6.07, 6.45) is 39.8. The molecule has 316 valence electrons. The van der Waals surface area contributed by atoms with Gasteiger partial charge in [0.15, 0.2) is 0 Å². The van der Waals surface area contributed by atoms with Crippen LogP contribution in [0.3, 0.4) is 0 Å². The van der Waals surface area contributed by atoms with Crippen LogP contribution in [0.25, 0.3) is 0 Å². The van der Waals surface area contributed by atoms with Crippen molar-refractivity contribution in [1.29, 1.82) is 0 Å². The van der Waals surface area contributed by atoms with Gasteiger partial charge in [-0.15, -0.1) is 0 Å². The second-order valence-electron chi connectivity index (χ2n) is 15.5. The van der Waals surface area contributed by atoms with Gasteiger partial charge in [0, 0.05) is 6.54 Å². The lowest BCUT2D eigenvalue weighted by molar-refractivity contribution is -0.125. The van der Waals surface area contributed by atoms with E-state index in [1.165, 1.54) is 135 Å². The molecule has 1 amide bonds. The minimum absolute atomic E-state index is 0.0593. The first-order chi connectivity index (χ1) is 25.8. The van der Waals surface area contributed by atoms with Gasteiger partial charge in [0.05, 0.1) is 37.9 Å². The van der Waals surface area contributed by atoms with Crippen molar-refractivity contribution < 1.29 is 33.5 Å². The number of rotatable bonds is 42. The van der Waals surface area contributed by atoms with Crippen molar-refractivity contribution >= 4 is 13.7 Å². The number of phosphoric acid groups is 1. The van der Waals surface area contributed by atoms with Gasteiger partial charge in [0.25, 0.3) is 0 Å². The van der Waals surface area contributed by atoms with Crippen molar-refractivity contribution in [1.82, 2.24) is 5.32 Å². The Morgan fingerprint density at radius 1 is 0.623 bits per heavy atom. The molecule has 0 saturated carbocycles. The number of phosphoric ester groups is 1. The van der Waals surface area contributed by atoms with Crippen molar-refractivity contribution in [2.75, 3.05) is 19.8 Å². The zero-order valence-electron chi connectivity index (χ0n) is 34.6. The topological polar surface area (TPSA) is 151 Å². The van der Waals surface area contributed by atoms with E-state index in [0.29, 0.717) is 12.8 Å². The van der Waals surface area contributed by atoms with Crippen LogP contribution in [-0.4, -0.2) is 59.0 Å². The molecule has 10 heteroatoms. The fourth-order valence-corrected chi connectivity index (χ4v) is 7.52. The van der Waals surface area contributed by atoms with Crippen molar-refractivity contribution in [2.24, 2.45) is 5.73 Å². The van der Waals surface area contributed by atoms with Gasteiger partial charge in [-0.05, 0) is 38.5 Å². The summed E-state index contributed by atoms with van der Waals surface area (Å²) in [4.78, 5) is 22.7. The monoisotopic (exact) mass is 775 g/mol. The summed E-state index contributed by atoms with van der Waals surface area (Å²) in [5.41, 5.74) is 5.37. The molecule has 0 aromatic heterocycles. The van der Waals surface area contributed by atoms with Gasteiger partial charge in [-0.25, -0.2) is 4.57 Å². The SMILES string of the molecule is CCCCC/C=C\CCCCCC(O)CC(=O)NC(COP(=O)(O)OCCN)C(O)CCCCCCCCCCCCCCCCCCCCCCC. The van der Waals surface area contributed by atoms with Crippen LogP contribution in [0.2, 0.25) is 0 Å². The van der Waals surface area contributed by atoms with Crippen LogP contribution in [0, 0.1) is 0 Å². The molecule has 0 fully saturated rings. The van der Waals surface area contributed by atoms with Gasteiger partial charge >= 0.3 is 7.82 Å². The maximum Gasteiger partial charge on any atom is 0.472 e. The predicted octanol–water partition coefficient (Wildman–Crippen LogP) is 11.4. The molecule has 6 N–H and O–H groups in total. The number of unbranched alkanes of at least 4 members (excludes halogenated alkanes) is 26. The largest absolute Gasteiger partial charge is 0.472 e. The molecular formula is C43H87N2O7P.